The van der Waals surface area contributed by atoms with Crippen molar-refractivity contribution in [3.8, 4) is 0 Å². The average molecular weight is 187 g/mol. The van der Waals surface area contributed by atoms with Crippen molar-refractivity contribution in [1.29, 1.82) is 0 Å². The average Bonchev–Trinajstić information content (AvgIpc) is 2.07. The summed E-state index contributed by atoms with van der Waals surface area (Å²) in [5, 5.41) is 0. The van der Waals surface area contributed by atoms with Crippen molar-refractivity contribution in [3.63, 3.8) is 0 Å². The lowest BCUT2D eigenvalue weighted by atomic mass is 9.85. The Morgan fingerprint density at radius 3 is 2.43 bits per heavy atom. The molecule has 0 atom stereocenters. The van der Waals surface area contributed by atoms with E-state index in [-0.39, 0.29) is 5.41 Å². The Kier molecular flexibility index (Phi) is 3.15. The Morgan fingerprint density at radius 1 is 1.29 bits per heavy atom. The van der Waals surface area contributed by atoms with Crippen LogP contribution in [0.25, 0.3) is 0 Å². The summed E-state index contributed by atoms with van der Waals surface area (Å²) < 4.78 is 0. The Morgan fingerprint density at radius 2 is 1.93 bits per heavy atom. The Labute approximate surface area is 87.7 Å². The van der Waals surface area contributed by atoms with Crippen LogP contribution in [0.5, 0.6) is 0 Å². The van der Waals surface area contributed by atoms with E-state index in [9.17, 15) is 0 Å². The molecule has 1 radical (unpaired) electrons. The van der Waals surface area contributed by atoms with Crippen molar-refractivity contribution >= 4 is 0 Å². The van der Waals surface area contributed by atoms with Crippen molar-refractivity contribution in [1.82, 2.24) is 0 Å². The molecule has 0 aliphatic carbocycles. The van der Waals surface area contributed by atoms with Gasteiger partial charge in [-0.3, -0.25) is 0 Å². The third-order valence-corrected chi connectivity index (χ3v) is 2.55. The van der Waals surface area contributed by atoms with Crippen molar-refractivity contribution < 1.29 is 0 Å². The molecule has 0 aliphatic heterocycles. The zero-order valence-electron chi connectivity index (χ0n) is 9.59. The molecule has 0 saturated carbocycles. The first-order valence-corrected chi connectivity index (χ1v) is 5.08. The van der Waals surface area contributed by atoms with Crippen LogP contribution in [0.1, 0.15) is 37.5 Å². The zero-order valence-corrected chi connectivity index (χ0v) is 9.59. The highest BCUT2D eigenvalue weighted by Crippen LogP contribution is 2.24. The van der Waals surface area contributed by atoms with Crippen LogP contribution in [0.2, 0.25) is 0 Å². The topological polar surface area (TPSA) is 0 Å². The molecule has 1 aromatic rings. The Balaban J connectivity index is 3.12. The summed E-state index contributed by atoms with van der Waals surface area (Å²) in [4.78, 5) is 0. The number of allylic oxidation sites excluding steroid dienone is 1. The van der Waals surface area contributed by atoms with Crippen LogP contribution in [0.3, 0.4) is 0 Å². The number of hydrogen-bond acceptors (Lipinski definition) is 0. The molecule has 0 unspecified atom stereocenters. The molecule has 0 bridgehead atoms. The number of benzene rings is 1. The first kappa shape index (κ1) is 11.0. The smallest absolute Gasteiger partial charge is 0.00916 e. The van der Waals surface area contributed by atoms with Crippen LogP contribution < -0.4 is 0 Å². The minimum Gasteiger partial charge on any atom is -0.0801 e. The Bertz CT molecular complexity index is 326. The van der Waals surface area contributed by atoms with Gasteiger partial charge in [0.25, 0.3) is 0 Å². The number of hydrogen-bond donors (Lipinski definition) is 0. The van der Waals surface area contributed by atoms with Gasteiger partial charge in [-0.2, -0.15) is 0 Å². The predicted octanol–water partition coefficient (Wildman–Crippen LogP) is 3.82. The maximum Gasteiger partial charge on any atom is -0.00916 e. The zero-order chi connectivity index (χ0) is 10.8. The van der Waals surface area contributed by atoms with Crippen molar-refractivity contribution in [2.24, 2.45) is 0 Å². The van der Waals surface area contributed by atoms with Gasteiger partial charge in [-0.25, -0.2) is 0 Å². The number of rotatable bonds is 2. The van der Waals surface area contributed by atoms with E-state index in [4.69, 9.17) is 6.58 Å². The summed E-state index contributed by atoms with van der Waals surface area (Å²) in [6.45, 7) is 14.3. The molecule has 0 N–H and O–H groups in total. The lowest BCUT2D eigenvalue weighted by Crippen LogP contribution is -2.11. The van der Waals surface area contributed by atoms with Crippen molar-refractivity contribution in [3.05, 3.63) is 47.5 Å². The van der Waals surface area contributed by atoms with Crippen molar-refractivity contribution in [2.75, 3.05) is 0 Å². The van der Waals surface area contributed by atoms with Crippen LogP contribution in [0.4, 0.5) is 0 Å². The first-order chi connectivity index (χ1) is 6.45. The second-order valence-corrected chi connectivity index (χ2v) is 4.83. The quantitative estimate of drug-likeness (QED) is 0.660. The molecule has 1 rings (SSSR count). The minimum absolute atomic E-state index is 0.219. The van der Waals surface area contributed by atoms with Gasteiger partial charge in [0.1, 0.15) is 0 Å². The van der Waals surface area contributed by atoms with E-state index in [1.54, 1.807) is 6.08 Å². The molecule has 0 spiro atoms. The maximum absolute atomic E-state index is 5.46. The summed E-state index contributed by atoms with van der Waals surface area (Å²) in [7, 11) is 0. The molecule has 1 aromatic carbocycles. The van der Waals surface area contributed by atoms with E-state index in [0.717, 1.165) is 6.42 Å². The van der Waals surface area contributed by atoms with Gasteiger partial charge < -0.3 is 0 Å². The van der Waals surface area contributed by atoms with Gasteiger partial charge in [0.2, 0.25) is 0 Å². The molecule has 0 saturated heterocycles. The highest BCUT2D eigenvalue weighted by molar-refractivity contribution is 5.35. The second kappa shape index (κ2) is 4.00. The van der Waals surface area contributed by atoms with Gasteiger partial charge in [-0.15, -0.1) is 0 Å². The molecule has 0 heterocycles. The SMILES string of the molecule is [CH]=CCc1cc(C(C)(C)C)ccc1C. The summed E-state index contributed by atoms with van der Waals surface area (Å²) in [5.41, 5.74) is 4.25. The standard InChI is InChI=1S/C14H19/c1-6-7-12-10-13(14(3,4)5)9-8-11(12)2/h1,6,8-10H,7H2,2-5H3. The fourth-order valence-electron chi connectivity index (χ4n) is 1.48. The number of aryl methyl sites for hydroxylation is 1. The lowest BCUT2D eigenvalue weighted by molar-refractivity contribution is 0.589. The third-order valence-electron chi connectivity index (χ3n) is 2.55. The van der Waals surface area contributed by atoms with Crippen LogP contribution >= 0.6 is 0 Å². The Hall–Kier alpha value is -1.04. The van der Waals surface area contributed by atoms with E-state index in [1.165, 1.54) is 16.7 Å². The summed E-state index contributed by atoms with van der Waals surface area (Å²) >= 11 is 0. The fourth-order valence-corrected chi connectivity index (χ4v) is 1.48. The molecule has 0 aliphatic rings. The molecule has 0 heteroatoms. The van der Waals surface area contributed by atoms with Gasteiger partial charge in [0, 0.05) is 0 Å². The lowest BCUT2D eigenvalue weighted by Gasteiger charge is -2.20. The third kappa shape index (κ3) is 2.47. The molecule has 0 fully saturated rings. The molecule has 0 aromatic heterocycles. The predicted molar refractivity (Wildman–Crippen MR) is 62.5 cm³/mol. The molecular formula is C14H19. The monoisotopic (exact) mass is 187 g/mol. The van der Waals surface area contributed by atoms with E-state index in [2.05, 4.69) is 45.9 Å². The molecular weight excluding hydrogens is 168 g/mol. The van der Waals surface area contributed by atoms with Gasteiger partial charge in [-0.1, -0.05) is 51.6 Å². The van der Waals surface area contributed by atoms with Gasteiger partial charge in [0.05, 0.1) is 0 Å². The first-order valence-electron chi connectivity index (χ1n) is 5.08. The summed E-state index contributed by atoms with van der Waals surface area (Å²) in [6.07, 6.45) is 2.57. The van der Waals surface area contributed by atoms with E-state index < -0.39 is 0 Å². The van der Waals surface area contributed by atoms with Crippen molar-refractivity contribution in [2.45, 2.75) is 39.5 Å². The second-order valence-electron chi connectivity index (χ2n) is 4.83. The molecule has 14 heavy (non-hydrogen) atoms. The molecule has 0 nitrogen and oxygen atoms in total. The largest absolute Gasteiger partial charge is 0.0801 e. The molecule has 0 amide bonds. The maximum atomic E-state index is 5.46. The summed E-state index contributed by atoms with van der Waals surface area (Å²) in [5.74, 6) is 0. The fraction of sp³-hybridized carbons (Fsp3) is 0.429. The van der Waals surface area contributed by atoms with Gasteiger partial charge in [0.15, 0.2) is 0 Å². The summed E-state index contributed by atoms with van der Waals surface area (Å²) in [6, 6.07) is 6.65. The van der Waals surface area contributed by atoms with Crippen LogP contribution in [0, 0.1) is 13.5 Å². The highest BCUT2D eigenvalue weighted by atomic mass is 14.2. The minimum atomic E-state index is 0.219. The van der Waals surface area contributed by atoms with E-state index >= 15 is 0 Å². The van der Waals surface area contributed by atoms with Crippen LogP contribution in [-0.2, 0) is 11.8 Å². The van der Waals surface area contributed by atoms with Crippen LogP contribution in [-0.4, -0.2) is 0 Å². The van der Waals surface area contributed by atoms with Crippen LogP contribution in [0.15, 0.2) is 24.3 Å². The van der Waals surface area contributed by atoms with E-state index in [1.807, 2.05) is 0 Å². The van der Waals surface area contributed by atoms with E-state index in [0.29, 0.717) is 0 Å². The normalized spacial score (nSPS) is 11.4. The van der Waals surface area contributed by atoms with Gasteiger partial charge >= 0.3 is 0 Å². The molecule has 75 valence electrons. The highest BCUT2D eigenvalue weighted by Gasteiger charge is 2.13. The van der Waals surface area contributed by atoms with Gasteiger partial charge in [-0.05, 0) is 35.4 Å².